The minimum atomic E-state index is -0.297. The molecule has 0 spiro atoms. The molecule has 0 bridgehead atoms. The second-order valence-electron chi connectivity index (χ2n) is 7.88. The second-order valence-corrected chi connectivity index (χ2v) is 8.82. The highest BCUT2D eigenvalue weighted by atomic mass is 32.2. The lowest BCUT2D eigenvalue weighted by Crippen LogP contribution is -2.16. The molecule has 1 amide bonds. The number of methoxy groups -OCH3 is 1. The summed E-state index contributed by atoms with van der Waals surface area (Å²) in [5.74, 6) is 1.13. The van der Waals surface area contributed by atoms with Crippen molar-refractivity contribution < 1.29 is 13.9 Å². The molecule has 0 atom stereocenters. The van der Waals surface area contributed by atoms with E-state index < -0.39 is 0 Å². The summed E-state index contributed by atoms with van der Waals surface area (Å²) >= 11 is 1.30. The van der Waals surface area contributed by atoms with Crippen LogP contribution in [0.2, 0.25) is 0 Å². The summed E-state index contributed by atoms with van der Waals surface area (Å²) < 4.78 is 20.4. The average molecular weight is 492 g/mol. The molecule has 3 aromatic carbocycles. The summed E-state index contributed by atoms with van der Waals surface area (Å²) in [5, 5.41) is 15.5. The van der Waals surface area contributed by atoms with Gasteiger partial charge in [0, 0.05) is 17.1 Å². The zero-order chi connectivity index (χ0) is 24.8. The topological polar surface area (TPSA) is 81.1 Å². The number of amides is 1. The standard InChI is InChI=1S/C26H26FN5O2S/c1-17-5-4-6-23(18(17)2)29-25(33)16-35-26-31-30-24(15-28-20-9-7-19(27)8-10-20)32(26)21-11-13-22(34-3)14-12-21/h4-14,28H,15-16H2,1-3H3,(H,29,33). The molecular formula is C26H26FN5O2S. The lowest BCUT2D eigenvalue weighted by atomic mass is 10.1. The van der Waals surface area contributed by atoms with Crippen molar-refractivity contribution in [3.63, 3.8) is 0 Å². The Hall–Kier alpha value is -3.85. The largest absolute Gasteiger partial charge is 0.497 e. The molecule has 7 nitrogen and oxygen atoms in total. The molecule has 1 heterocycles. The summed E-state index contributed by atoms with van der Waals surface area (Å²) in [6.45, 7) is 4.36. The van der Waals surface area contributed by atoms with Gasteiger partial charge < -0.3 is 15.4 Å². The number of aryl methyl sites for hydroxylation is 1. The Morgan fingerprint density at radius 3 is 2.49 bits per heavy atom. The molecule has 4 rings (SSSR count). The second kappa shape index (κ2) is 11.1. The first-order chi connectivity index (χ1) is 16.9. The fraction of sp³-hybridized carbons (Fsp3) is 0.192. The number of hydrogen-bond acceptors (Lipinski definition) is 6. The van der Waals surface area contributed by atoms with E-state index in [9.17, 15) is 9.18 Å². The van der Waals surface area contributed by atoms with E-state index in [0.717, 1.165) is 33.9 Å². The molecule has 0 saturated carbocycles. The summed E-state index contributed by atoms with van der Waals surface area (Å²) in [6.07, 6.45) is 0. The molecule has 0 saturated heterocycles. The quantitative estimate of drug-likeness (QED) is 0.306. The van der Waals surface area contributed by atoms with Gasteiger partial charge in [-0.05, 0) is 79.6 Å². The van der Waals surface area contributed by atoms with Crippen molar-refractivity contribution in [3.8, 4) is 11.4 Å². The normalized spacial score (nSPS) is 10.7. The van der Waals surface area contributed by atoms with E-state index >= 15 is 0 Å². The highest BCUT2D eigenvalue weighted by molar-refractivity contribution is 7.99. The summed E-state index contributed by atoms with van der Waals surface area (Å²) in [5.41, 5.74) is 4.56. The van der Waals surface area contributed by atoms with Gasteiger partial charge in [-0.15, -0.1) is 10.2 Å². The van der Waals surface area contributed by atoms with Crippen LogP contribution in [0.15, 0.2) is 71.9 Å². The number of aromatic nitrogens is 3. The van der Waals surface area contributed by atoms with Gasteiger partial charge in [0.15, 0.2) is 11.0 Å². The number of carbonyl (C=O) groups excluding carboxylic acids is 1. The van der Waals surface area contributed by atoms with Crippen molar-refractivity contribution in [2.75, 3.05) is 23.5 Å². The van der Waals surface area contributed by atoms with Gasteiger partial charge in [0.2, 0.25) is 5.91 Å². The molecule has 35 heavy (non-hydrogen) atoms. The molecule has 4 aromatic rings. The van der Waals surface area contributed by atoms with Gasteiger partial charge in [-0.3, -0.25) is 9.36 Å². The highest BCUT2D eigenvalue weighted by Crippen LogP contribution is 2.25. The fourth-order valence-corrected chi connectivity index (χ4v) is 4.22. The highest BCUT2D eigenvalue weighted by Gasteiger charge is 2.17. The lowest BCUT2D eigenvalue weighted by molar-refractivity contribution is -0.113. The zero-order valence-electron chi connectivity index (χ0n) is 19.7. The predicted molar refractivity (Wildman–Crippen MR) is 137 cm³/mol. The number of anilines is 2. The Balaban J connectivity index is 1.52. The number of nitrogens with one attached hydrogen (secondary N) is 2. The summed E-state index contributed by atoms with van der Waals surface area (Å²) in [7, 11) is 1.61. The maximum atomic E-state index is 13.2. The minimum Gasteiger partial charge on any atom is -0.497 e. The van der Waals surface area contributed by atoms with Crippen LogP contribution in [-0.2, 0) is 11.3 Å². The molecule has 0 aliphatic carbocycles. The third-order valence-electron chi connectivity index (χ3n) is 5.54. The molecule has 9 heteroatoms. The Kier molecular flexibility index (Phi) is 7.67. The molecule has 0 fully saturated rings. The Labute approximate surface area is 207 Å². The molecule has 180 valence electrons. The number of benzene rings is 3. The van der Waals surface area contributed by atoms with Gasteiger partial charge in [0.25, 0.3) is 0 Å². The van der Waals surface area contributed by atoms with Crippen LogP contribution in [0.25, 0.3) is 5.69 Å². The van der Waals surface area contributed by atoms with Crippen LogP contribution in [0.1, 0.15) is 17.0 Å². The van der Waals surface area contributed by atoms with Crippen molar-refractivity contribution in [1.29, 1.82) is 0 Å². The fourth-order valence-electron chi connectivity index (χ4n) is 3.45. The van der Waals surface area contributed by atoms with Gasteiger partial charge in [-0.1, -0.05) is 23.9 Å². The van der Waals surface area contributed by atoms with Crippen LogP contribution in [0.5, 0.6) is 5.75 Å². The number of thioether (sulfide) groups is 1. The molecule has 0 aliphatic heterocycles. The van der Waals surface area contributed by atoms with Gasteiger partial charge in [-0.2, -0.15) is 0 Å². The molecule has 0 unspecified atom stereocenters. The SMILES string of the molecule is COc1ccc(-n2c(CNc3ccc(F)cc3)nnc2SCC(=O)Nc2cccc(C)c2C)cc1. The molecule has 1 aromatic heterocycles. The van der Waals surface area contributed by atoms with Crippen molar-refractivity contribution in [1.82, 2.24) is 14.8 Å². The van der Waals surface area contributed by atoms with Crippen molar-refractivity contribution in [2.45, 2.75) is 25.5 Å². The first-order valence-corrected chi connectivity index (χ1v) is 12.0. The van der Waals surface area contributed by atoms with Crippen LogP contribution >= 0.6 is 11.8 Å². The van der Waals surface area contributed by atoms with Crippen molar-refractivity contribution >= 4 is 29.0 Å². The van der Waals surface area contributed by atoms with Gasteiger partial charge >= 0.3 is 0 Å². The molecule has 2 N–H and O–H groups in total. The number of carbonyl (C=O) groups is 1. The van der Waals surface area contributed by atoms with E-state index in [4.69, 9.17) is 4.74 Å². The van der Waals surface area contributed by atoms with E-state index in [2.05, 4.69) is 20.8 Å². The zero-order valence-corrected chi connectivity index (χ0v) is 20.5. The van der Waals surface area contributed by atoms with E-state index in [1.807, 2.05) is 60.9 Å². The van der Waals surface area contributed by atoms with E-state index in [1.165, 1.54) is 23.9 Å². The minimum absolute atomic E-state index is 0.126. The lowest BCUT2D eigenvalue weighted by Gasteiger charge is -2.13. The monoisotopic (exact) mass is 491 g/mol. The number of ether oxygens (including phenoxy) is 1. The average Bonchev–Trinajstić information content (AvgIpc) is 3.28. The van der Waals surface area contributed by atoms with Crippen LogP contribution in [-0.4, -0.2) is 33.5 Å². The summed E-state index contributed by atoms with van der Waals surface area (Å²) in [4.78, 5) is 12.7. The first-order valence-electron chi connectivity index (χ1n) is 11.0. The van der Waals surface area contributed by atoms with E-state index in [0.29, 0.717) is 17.5 Å². The molecule has 0 aliphatic rings. The maximum absolute atomic E-state index is 13.2. The number of nitrogens with zero attached hydrogens (tertiary/aromatic N) is 3. The third-order valence-corrected chi connectivity index (χ3v) is 6.47. The summed E-state index contributed by atoms with van der Waals surface area (Å²) in [6, 6.07) is 19.5. The number of halogens is 1. The van der Waals surface area contributed by atoms with Crippen molar-refractivity contribution in [2.24, 2.45) is 0 Å². The Morgan fingerprint density at radius 1 is 1.03 bits per heavy atom. The van der Waals surface area contributed by atoms with Crippen LogP contribution in [0.4, 0.5) is 15.8 Å². The van der Waals surface area contributed by atoms with E-state index in [-0.39, 0.29) is 17.5 Å². The van der Waals surface area contributed by atoms with Gasteiger partial charge in [0.05, 0.1) is 19.4 Å². The smallest absolute Gasteiger partial charge is 0.234 e. The third kappa shape index (κ3) is 5.99. The van der Waals surface area contributed by atoms with Crippen LogP contribution in [0.3, 0.4) is 0 Å². The predicted octanol–water partition coefficient (Wildman–Crippen LogP) is 5.37. The number of hydrogen-bond donors (Lipinski definition) is 2. The molecular weight excluding hydrogens is 465 g/mol. The number of rotatable bonds is 9. The first kappa shape index (κ1) is 24.3. The van der Waals surface area contributed by atoms with Crippen LogP contribution in [0, 0.1) is 19.7 Å². The molecule has 0 radical (unpaired) electrons. The van der Waals surface area contributed by atoms with E-state index in [1.54, 1.807) is 19.2 Å². The van der Waals surface area contributed by atoms with Crippen molar-refractivity contribution in [3.05, 3.63) is 89.5 Å². The Bertz CT molecular complexity index is 1310. The van der Waals surface area contributed by atoms with Gasteiger partial charge in [0.1, 0.15) is 11.6 Å². The van der Waals surface area contributed by atoms with Gasteiger partial charge in [-0.25, -0.2) is 4.39 Å². The Morgan fingerprint density at radius 2 is 1.77 bits per heavy atom. The maximum Gasteiger partial charge on any atom is 0.234 e. The van der Waals surface area contributed by atoms with Crippen LogP contribution < -0.4 is 15.4 Å².